The average molecular weight is 374 g/mol. The summed E-state index contributed by atoms with van der Waals surface area (Å²) in [6.45, 7) is 3.96. The first-order valence-corrected chi connectivity index (χ1v) is 8.72. The van der Waals surface area contributed by atoms with Gasteiger partial charge >= 0.3 is 0 Å². The quantitative estimate of drug-likeness (QED) is 0.677. The van der Waals surface area contributed by atoms with Crippen LogP contribution in [-0.2, 0) is 4.79 Å². The highest BCUT2D eigenvalue weighted by atomic mass is 35.5. The van der Waals surface area contributed by atoms with Crippen molar-refractivity contribution < 1.29 is 4.79 Å². The summed E-state index contributed by atoms with van der Waals surface area (Å²) in [5.41, 5.74) is 0.0565. The average Bonchev–Trinajstić information content (AvgIpc) is 3.12. The van der Waals surface area contributed by atoms with E-state index in [9.17, 15) is 10.1 Å². The Morgan fingerprint density at radius 2 is 2.04 bits per heavy atom. The molecule has 0 spiro atoms. The highest BCUT2D eigenvalue weighted by Crippen LogP contribution is 2.64. The second-order valence-corrected chi connectivity index (χ2v) is 8.31. The smallest absolute Gasteiger partial charge is 0.242 e. The number of alkyl halides is 2. The summed E-state index contributed by atoms with van der Waals surface area (Å²) in [5.74, 6) is -1.21. The fraction of sp³-hybridized carbons (Fsp3) is 0.529. The van der Waals surface area contributed by atoms with Crippen LogP contribution in [0.5, 0.6) is 0 Å². The molecule has 3 unspecified atom stereocenters. The molecule has 124 valence electrons. The molecule has 6 heteroatoms. The first kappa shape index (κ1) is 18.4. The van der Waals surface area contributed by atoms with E-state index in [1.165, 1.54) is 0 Å². The second-order valence-electron chi connectivity index (χ2n) is 6.33. The number of hydrogen-bond acceptors (Lipinski definition) is 2. The predicted octanol–water partition coefficient (Wildman–Crippen LogP) is 5.42. The van der Waals surface area contributed by atoms with Crippen molar-refractivity contribution in [2.24, 2.45) is 17.3 Å². The fourth-order valence-electron chi connectivity index (χ4n) is 3.24. The van der Waals surface area contributed by atoms with Gasteiger partial charge in [0.15, 0.2) is 0 Å². The van der Waals surface area contributed by atoms with E-state index in [0.717, 1.165) is 6.42 Å². The Labute approximate surface area is 151 Å². The molecule has 1 aliphatic carbocycles. The van der Waals surface area contributed by atoms with Crippen molar-refractivity contribution in [2.45, 2.75) is 37.4 Å². The van der Waals surface area contributed by atoms with Crippen molar-refractivity contribution in [3.05, 3.63) is 29.3 Å². The van der Waals surface area contributed by atoms with Gasteiger partial charge in [0.2, 0.25) is 5.91 Å². The third-order valence-electron chi connectivity index (χ3n) is 4.57. The predicted molar refractivity (Wildman–Crippen MR) is 94.7 cm³/mol. The number of anilines is 1. The van der Waals surface area contributed by atoms with Crippen LogP contribution in [0.15, 0.2) is 24.3 Å². The molecule has 1 aromatic rings. The number of hydrogen-bond donors (Lipinski definition) is 1. The Kier molecular flexibility index (Phi) is 5.51. The van der Waals surface area contributed by atoms with E-state index >= 15 is 0 Å². The van der Waals surface area contributed by atoms with Crippen molar-refractivity contribution in [2.75, 3.05) is 5.32 Å². The highest BCUT2D eigenvalue weighted by Gasteiger charge is 2.63. The highest BCUT2D eigenvalue weighted by molar-refractivity contribution is 6.51. The molecule has 0 heterocycles. The Morgan fingerprint density at radius 3 is 2.48 bits per heavy atom. The van der Waals surface area contributed by atoms with E-state index in [1.54, 1.807) is 24.3 Å². The molecule has 0 bridgehead atoms. The van der Waals surface area contributed by atoms with Gasteiger partial charge < -0.3 is 5.32 Å². The molecule has 0 radical (unpaired) electrons. The van der Waals surface area contributed by atoms with Gasteiger partial charge in [-0.05, 0) is 42.5 Å². The normalized spacial score (nSPS) is 22.5. The third-order valence-corrected chi connectivity index (χ3v) is 5.66. The summed E-state index contributed by atoms with van der Waals surface area (Å²) in [7, 11) is 0. The summed E-state index contributed by atoms with van der Waals surface area (Å²) < 4.78 is -0.834. The minimum atomic E-state index is -0.834. The number of halogens is 3. The van der Waals surface area contributed by atoms with Gasteiger partial charge in [0.1, 0.15) is 10.3 Å². The van der Waals surface area contributed by atoms with E-state index in [1.807, 2.05) is 13.8 Å². The maximum Gasteiger partial charge on any atom is 0.242 e. The van der Waals surface area contributed by atoms with Gasteiger partial charge in [-0.1, -0.05) is 31.9 Å². The SMILES string of the molecule is CCCC(C)(C(C#N)C(=O)Nc1ccc(Cl)cc1)C1CC1(Cl)Cl. The molecule has 2 rings (SSSR count). The molecule has 0 aliphatic heterocycles. The first-order valence-electron chi connectivity index (χ1n) is 7.58. The number of rotatable bonds is 6. The van der Waals surface area contributed by atoms with Gasteiger partial charge in [-0.3, -0.25) is 4.79 Å². The molecular formula is C17H19Cl3N2O. The van der Waals surface area contributed by atoms with Crippen LogP contribution < -0.4 is 5.32 Å². The Bertz CT molecular complexity index is 624. The van der Waals surface area contributed by atoms with Crippen LogP contribution in [0.3, 0.4) is 0 Å². The lowest BCUT2D eigenvalue weighted by atomic mass is 9.70. The van der Waals surface area contributed by atoms with Gasteiger partial charge in [-0.2, -0.15) is 5.26 Å². The maximum absolute atomic E-state index is 12.6. The van der Waals surface area contributed by atoms with E-state index in [2.05, 4.69) is 11.4 Å². The summed E-state index contributed by atoms with van der Waals surface area (Å²) in [6, 6.07) is 8.95. The molecule has 1 aromatic carbocycles. The Hall–Kier alpha value is -0.950. The molecule has 0 saturated heterocycles. The van der Waals surface area contributed by atoms with E-state index in [4.69, 9.17) is 34.8 Å². The van der Waals surface area contributed by atoms with Crippen molar-refractivity contribution in [3.63, 3.8) is 0 Å². The van der Waals surface area contributed by atoms with Crippen LogP contribution in [0.1, 0.15) is 33.1 Å². The van der Waals surface area contributed by atoms with Crippen LogP contribution in [-0.4, -0.2) is 10.2 Å². The molecule has 1 fully saturated rings. The van der Waals surface area contributed by atoms with Gasteiger partial charge in [0, 0.05) is 16.6 Å². The molecule has 1 N–H and O–H groups in total. The number of benzene rings is 1. The first-order chi connectivity index (χ1) is 10.7. The van der Waals surface area contributed by atoms with Crippen molar-refractivity contribution >= 4 is 46.4 Å². The van der Waals surface area contributed by atoms with Crippen molar-refractivity contribution in [1.82, 2.24) is 0 Å². The number of amides is 1. The van der Waals surface area contributed by atoms with Crippen molar-refractivity contribution in [1.29, 1.82) is 5.26 Å². The van der Waals surface area contributed by atoms with Crippen molar-refractivity contribution in [3.8, 4) is 6.07 Å². The summed E-state index contributed by atoms with van der Waals surface area (Å²) in [4.78, 5) is 12.6. The minimum Gasteiger partial charge on any atom is -0.325 e. The van der Waals surface area contributed by atoms with Crippen LogP contribution >= 0.6 is 34.8 Å². The van der Waals surface area contributed by atoms with Gasteiger partial charge in [0.05, 0.1) is 6.07 Å². The lowest BCUT2D eigenvalue weighted by molar-refractivity contribution is -0.122. The number of nitrogens with zero attached hydrogens (tertiary/aromatic N) is 1. The number of carbonyl (C=O) groups excluding carboxylic acids is 1. The monoisotopic (exact) mass is 372 g/mol. The fourth-order valence-corrected chi connectivity index (χ4v) is 4.17. The summed E-state index contributed by atoms with van der Waals surface area (Å²) in [6.07, 6.45) is 2.17. The zero-order valence-corrected chi connectivity index (χ0v) is 15.3. The molecule has 1 aliphatic rings. The zero-order valence-electron chi connectivity index (χ0n) is 13.1. The molecular weight excluding hydrogens is 355 g/mol. The third kappa shape index (κ3) is 3.94. The molecule has 0 aromatic heterocycles. The second kappa shape index (κ2) is 6.89. The number of carbonyl (C=O) groups is 1. The number of nitrogens with one attached hydrogen (secondary N) is 1. The number of nitriles is 1. The molecule has 1 saturated carbocycles. The largest absolute Gasteiger partial charge is 0.325 e. The molecule has 1 amide bonds. The van der Waals surface area contributed by atoms with Crippen LogP contribution in [0.4, 0.5) is 5.69 Å². The van der Waals surface area contributed by atoms with Gasteiger partial charge in [-0.25, -0.2) is 0 Å². The van der Waals surface area contributed by atoms with Gasteiger partial charge in [0.25, 0.3) is 0 Å². The maximum atomic E-state index is 12.6. The van der Waals surface area contributed by atoms with Crippen LogP contribution in [0.25, 0.3) is 0 Å². The minimum absolute atomic E-state index is 0.0566. The molecule has 3 atom stereocenters. The standard InChI is InChI=1S/C17H19Cl3N2O/c1-3-8-16(2,14-9-17(14,19)20)13(10-21)15(23)22-12-6-4-11(18)5-7-12/h4-7,13-14H,3,8-9H2,1-2H3,(H,22,23). The lowest BCUT2D eigenvalue weighted by Gasteiger charge is -2.34. The van der Waals surface area contributed by atoms with E-state index < -0.39 is 15.7 Å². The van der Waals surface area contributed by atoms with E-state index in [-0.39, 0.29) is 11.8 Å². The zero-order chi connectivity index (χ0) is 17.3. The molecule has 23 heavy (non-hydrogen) atoms. The lowest BCUT2D eigenvalue weighted by Crippen LogP contribution is -2.39. The van der Waals surface area contributed by atoms with Crippen LogP contribution in [0, 0.1) is 28.6 Å². The topological polar surface area (TPSA) is 52.9 Å². The van der Waals surface area contributed by atoms with Gasteiger partial charge in [-0.15, -0.1) is 23.2 Å². The Morgan fingerprint density at radius 1 is 1.48 bits per heavy atom. The summed E-state index contributed by atoms with van der Waals surface area (Å²) in [5, 5.41) is 13.0. The van der Waals surface area contributed by atoms with Crippen LogP contribution in [0.2, 0.25) is 5.02 Å². The Balaban J connectivity index is 2.20. The van der Waals surface area contributed by atoms with E-state index in [0.29, 0.717) is 23.6 Å². The summed E-state index contributed by atoms with van der Waals surface area (Å²) >= 11 is 18.3. The molecule has 3 nitrogen and oxygen atoms in total.